The maximum absolute atomic E-state index is 3.42. The van der Waals surface area contributed by atoms with Gasteiger partial charge in [0.05, 0.1) is 0 Å². The van der Waals surface area contributed by atoms with Crippen molar-refractivity contribution in [2.24, 2.45) is 0 Å². The molecule has 0 aliphatic heterocycles. The summed E-state index contributed by atoms with van der Waals surface area (Å²) in [6, 6.07) is 0. The van der Waals surface area contributed by atoms with Crippen LogP contribution in [-0.4, -0.2) is 18.6 Å². The van der Waals surface area contributed by atoms with Crippen LogP contribution in [0.3, 0.4) is 0 Å². The van der Waals surface area contributed by atoms with Gasteiger partial charge in [0.2, 0.25) is 0 Å². The minimum atomic E-state index is 1.02. The van der Waals surface area contributed by atoms with Crippen molar-refractivity contribution < 1.29 is 0 Å². The Balaban J connectivity index is 2.20. The molecule has 0 aliphatic rings. The molecular formula is C9H15NS2. The van der Waals surface area contributed by atoms with Crippen molar-refractivity contribution >= 4 is 23.1 Å². The van der Waals surface area contributed by atoms with Gasteiger partial charge in [0.15, 0.2) is 0 Å². The van der Waals surface area contributed by atoms with E-state index in [0.29, 0.717) is 0 Å². The van der Waals surface area contributed by atoms with Crippen LogP contribution >= 0.6 is 23.1 Å². The van der Waals surface area contributed by atoms with Crippen molar-refractivity contribution in [3.8, 4) is 0 Å². The van der Waals surface area contributed by atoms with Gasteiger partial charge in [-0.1, -0.05) is 0 Å². The summed E-state index contributed by atoms with van der Waals surface area (Å²) in [7, 11) is 0. The Labute approximate surface area is 82.6 Å². The summed E-state index contributed by atoms with van der Waals surface area (Å²) >= 11 is 3.67. The number of rotatable bonds is 5. The number of hydrogen-bond donors (Lipinski definition) is 1. The number of thiophene rings is 1. The van der Waals surface area contributed by atoms with Gasteiger partial charge in [-0.25, -0.2) is 0 Å². The summed E-state index contributed by atoms with van der Waals surface area (Å²) in [5.74, 6) is 1.20. The Bertz CT molecular complexity index is 220. The number of thioether (sulfide) groups is 1. The molecule has 1 aromatic rings. The zero-order valence-electron chi connectivity index (χ0n) is 7.59. The highest BCUT2D eigenvalue weighted by Crippen LogP contribution is 2.12. The van der Waals surface area contributed by atoms with E-state index in [0.717, 1.165) is 13.1 Å². The highest BCUT2D eigenvalue weighted by molar-refractivity contribution is 7.98. The van der Waals surface area contributed by atoms with Crippen LogP contribution in [0.5, 0.6) is 0 Å². The molecule has 0 radical (unpaired) electrons. The van der Waals surface area contributed by atoms with Gasteiger partial charge in [-0.05, 0) is 35.1 Å². The quantitative estimate of drug-likeness (QED) is 0.735. The summed E-state index contributed by atoms with van der Waals surface area (Å²) in [6.07, 6.45) is 2.14. The van der Waals surface area contributed by atoms with E-state index in [4.69, 9.17) is 0 Å². The van der Waals surface area contributed by atoms with E-state index in [-0.39, 0.29) is 0 Å². The fraction of sp³-hybridized carbons (Fsp3) is 0.556. The molecule has 0 saturated carbocycles. The standard InChI is InChI=1S/C9H15NS2/c1-8-6-12-7-9(8)5-10-3-4-11-2/h6-7,10H,3-5H2,1-2H3. The molecule has 1 rings (SSSR count). The van der Waals surface area contributed by atoms with Gasteiger partial charge in [-0.15, -0.1) is 0 Å². The van der Waals surface area contributed by atoms with E-state index in [1.54, 1.807) is 11.3 Å². The normalized spacial score (nSPS) is 10.5. The molecule has 0 fully saturated rings. The first-order valence-corrected chi connectivity index (χ1v) is 6.39. The molecule has 12 heavy (non-hydrogen) atoms. The lowest BCUT2D eigenvalue weighted by atomic mass is 10.2. The summed E-state index contributed by atoms with van der Waals surface area (Å²) in [6.45, 7) is 4.30. The van der Waals surface area contributed by atoms with Crippen molar-refractivity contribution in [2.75, 3.05) is 18.6 Å². The Morgan fingerprint density at radius 2 is 2.33 bits per heavy atom. The second kappa shape index (κ2) is 5.62. The average molecular weight is 201 g/mol. The van der Waals surface area contributed by atoms with Crippen LogP contribution in [0.2, 0.25) is 0 Å². The second-order valence-electron chi connectivity index (χ2n) is 2.75. The number of hydrogen-bond acceptors (Lipinski definition) is 3. The van der Waals surface area contributed by atoms with Crippen LogP contribution in [0.1, 0.15) is 11.1 Å². The molecule has 0 saturated heterocycles. The van der Waals surface area contributed by atoms with Crippen molar-refractivity contribution in [1.82, 2.24) is 5.32 Å². The van der Waals surface area contributed by atoms with Gasteiger partial charge in [0.1, 0.15) is 0 Å². The van der Waals surface area contributed by atoms with E-state index >= 15 is 0 Å². The smallest absolute Gasteiger partial charge is 0.0216 e. The average Bonchev–Trinajstić information content (AvgIpc) is 2.46. The second-order valence-corrected chi connectivity index (χ2v) is 4.48. The van der Waals surface area contributed by atoms with Crippen LogP contribution < -0.4 is 5.32 Å². The van der Waals surface area contributed by atoms with Crippen LogP contribution in [0, 0.1) is 6.92 Å². The first-order valence-electron chi connectivity index (χ1n) is 4.06. The molecule has 3 heteroatoms. The van der Waals surface area contributed by atoms with E-state index in [2.05, 4.69) is 29.3 Å². The molecule has 0 atom stereocenters. The minimum Gasteiger partial charge on any atom is -0.312 e. The molecule has 1 aromatic heterocycles. The van der Waals surface area contributed by atoms with Gasteiger partial charge < -0.3 is 5.32 Å². The maximum Gasteiger partial charge on any atom is 0.0216 e. The van der Waals surface area contributed by atoms with Gasteiger partial charge in [0.25, 0.3) is 0 Å². The molecule has 0 aliphatic carbocycles. The Morgan fingerprint density at radius 3 is 2.92 bits per heavy atom. The predicted molar refractivity (Wildman–Crippen MR) is 59.1 cm³/mol. The molecule has 0 bridgehead atoms. The van der Waals surface area contributed by atoms with Crippen LogP contribution in [-0.2, 0) is 6.54 Å². The third kappa shape index (κ3) is 3.17. The van der Waals surface area contributed by atoms with Crippen LogP contribution in [0.25, 0.3) is 0 Å². The van der Waals surface area contributed by atoms with Gasteiger partial charge >= 0.3 is 0 Å². The van der Waals surface area contributed by atoms with Crippen LogP contribution in [0.15, 0.2) is 10.8 Å². The molecule has 1 nitrogen and oxygen atoms in total. The van der Waals surface area contributed by atoms with Crippen molar-refractivity contribution in [3.63, 3.8) is 0 Å². The fourth-order valence-electron chi connectivity index (χ4n) is 0.965. The first kappa shape index (κ1) is 10.1. The molecule has 0 amide bonds. The molecule has 0 spiro atoms. The third-order valence-electron chi connectivity index (χ3n) is 1.76. The number of aryl methyl sites for hydroxylation is 1. The van der Waals surface area contributed by atoms with E-state index in [1.165, 1.54) is 16.9 Å². The molecule has 0 aromatic carbocycles. The molecule has 1 heterocycles. The summed E-state index contributed by atoms with van der Waals surface area (Å²) in [4.78, 5) is 0. The highest BCUT2D eigenvalue weighted by Gasteiger charge is 1.96. The van der Waals surface area contributed by atoms with Gasteiger partial charge in [0, 0.05) is 18.8 Å². The summed E-state index contributed by atoms with van der Waals surface area (Å²) in [5, 5.41) is 7.84. The van der Waals surface area contributed by atoms with Crippen molar-refractivity contribution in [3.05, 3.63) is 21.9 Å². The minimum absolute atomic E-state index is 1.02. The zero-order valence-corrected chi connectivity index (χ0v) is 9.23. The predicted octanol–water partition coefficient (Wildman–Crippen LogP) is 2.51. The van der Waals surface area contributed by atoms with Gasteiger partial charge in [-0.3, -0.25) is 0 Å². The molecule has 1 N–H and O–H groups in total. The Hall–Kier alpha value is 0.0100. The lowest BCUT2D eigenvalue weighted by Crippen LogP contribution is -2.16. The highest BCUT2D eigenvalue weighted by atomic mass is 32.2. The monoisotopic (exact) mass is 201 g/mol. The maximum atomic E-state index is 3.42. The largest absolute Gasteiger partial charge is 0.312 e. The lowest BCUT2D eigenvalue weighted by Gasteiger charge is -2.02. The molecular weight excluding hydrogens is 186 g/mol. The van der Waals surface area contributed by atoms with Crippen LogP contribution in [0.4, 0.5) is 0 Å². The van der Waals surface area contributed by atoms with E-state index in [1.807, 2.05) is 11.8 Å². The lowest BCUT2D eigenvalue weighted by molar-refractivity contribution is 0.731. The Kier molecular flexibility index (Phi) is 4.73. The zero-order chi connectivity index (χ0) is 8.81. The topological polar surface area (TPSA) is 12.0 Å². The van der Waals surface area contributed by atoms with Crippen molar-refractivity contribution in [2.45, 2.75) is 13.5 Å². The SMILES string of the molecule is CSCCNCc1cscc1C. The van der Waals surface area contributed by atoms with Crippen molar-refractivity contribution in [1.29, 1.82) is 0 Å². The Morgan fingerprint density at radius 1 is 1.50 bits per heavy atom. The summed E-state index contributed by atoms with van der Waals surface area (Å²) < 4.78 is 0. The molecule has 68 valence electrons. The van der Waals surface area contributed by atoms with E-state index < -0.39 is 0 Å². The third-order valence-corrected chi connectivity index (χ3v) is 3.28. The van der Waals surface area contributed by atoms with Gasteiger partial charge in [-0.2, -0.15) is 23.1 Å². The molecule has 0 unspecified atom stereocenters. The number of nitrogens with one attached hydrogen (secondary N) is 1. The van der Waals surface area contributed by atoms with E-state index in [9.17, 15) is 0 Å². The fourth-order valence-corrected chi connectivity index (χ4v) is 2.17. The first-order chi connectivity index (χ1) is 5.84. The summed E-state index contributed by atoms with van der Waals surface area (Å²) in [5.41, 5.74) is 2.86.